The van der Waals surface area contributed by atoms with Crippen molar-refractivity contribution < 1.29 is 4.79 Å². The van der Waals surface area contributed by atoms with Crippen LogP contribution in [0.15, 0.2) is 66.9 Å². The van der Waals surface area contributed by atoms with Crippen LogP contribution in [0.3, 0.4) is 0 Å². The highest BCUT2D eigenvalue weighted by molar-refractivity contribution is 5.87. The molecule has 0 spiro atoms. The molecule has 4 aromatic rings. The highest BCUT2D eigenvalue weighted by Gasteiger charge is 2.11. The second kappa shape index (κ2) is 7.64. The van der Waals surface area contributed by atoms with Crippen molar-refractivity contribution >= 4 is 17.1 Å². The number of pyridine rings is 1. The lowest BCUT2D eigenvalue weighted by molar-refractivity contribution is -0.117. The number of anilines is 1. The van der Waals surface area contributed by atoms with Crippen molar-refractivity contribution in [2.24, 2.45) is 0 Å². The summed E-state index contributed by atoms with van der Waals surface area (Å²) >= 11 is 0. The summed E-state index contributed by atoms with van der Waals surface area (Å²) < 4.78 is 1.67. The van der Waals surface area contributed by atoms with Gasteiger partial charge in [-0.05, 0) is 34.7 Å². The number of fused-ring (bicyclic) bond motifs is 1. The fourth-order valence-electron chi connectivity index (χ4n) is 3.48. The molecular formula is C23H22N4O. The number of aromatic nitrogens is 3. The van der Waals surface area contributed by atoms with Gasteiger partial charge in [0.1, 0.15) is 11.3 Å². The minimum atomic E-state index is 0.215. The highest BCUT2D eigenvalue weighted by atomic mass is 16.1. The molecule has 0 saturated carbocycles. The lowest BCUT2D eigenvalue weighted by Crippen LogP contribution is -2.06. The van der Waals surface area contributed by atoms with Crippen molar-refractivity contribution in [2.75, 3.05) is 5.73 Å². The number of Topliss-reactive ketones (excluding diaryl/α,β-unsaturated/α-hetero) is 1. The van der Waals surface area contributed by atoms with Crippen LogP contribution >= 0.6 is 0 Å². The quantitative estimate of drug-likeness (QED) is 0.559. The molecule has 0 amide bonds. The van der Waals surface area contributed by atoms with E-state index in [1.807, 2.05) is 54.7 Å². The molecule has 4 rings (SSSR count). The zero-order valence-corrected chi connectivity index (χ0v) is 15.8. The van der Waals surface area contributed by atoms with E-state index in [0.29, 0.717) is 18.7 Å². The number of carbonyl (C=O) groups is 1. The van der Waals surface area contributed by atoms with Gasteiger partial charge in [-0.15, -0.1) is 5.10 Å². The van der Waals surface area contributed by atoms with Gasteiger partial charge >= 0.3 is 0 Å². The molecule has 0 aliphatic rings. The van der Waals surface area contributed by atoms with Crippen LogP contribution in [-0.4, -0.2) is 20.6 Å². The molecule has 0 unspecified atom stereocenters. The van der Waals surface area contributed by atoms with Crippen LogP contribution < -0.4 is 5.73 Å². The molecule has 2 N–H and O–H groups in total. The molecule has 2 heterocycles. The van der Waals surface area contributed by atoms with Gasteiger partial charge in [0.05, 0.1) is 0 Å². The van der Waals surface area contributed by atoms with Gasteiger partial charge in [0.15, 0.2) is 5.82 Å². The molecule has 28 heavy (non-hydrogen) atoms. The van der Waals surface area contributed by atoms with Crippen LogP contribution in [0.5, 0.6) is 0 Å². The number of benzene rings is 2. The first-order valence-corrected chi connectivity index (χ1v) is 9.42. The number of aryl methyl sites for hydroxylation is 1. The maximum absolute atomic E-state index is 12.5. The van der Waals surface area contributed by atoms with Crippen LogP contribution in [0, 0.1) is 0 Å². The molecule has 0 saturated heterocycles. The molecule has 140 valence electrons. The maximum atomic E-state index is 12.5. The van der Waals surface area contributed by atoms with Crippen LogP contribution in [0.1, 0.15) is 23.6 Å². The van der Waals surface area contributed by atoms with Crippen molar-refractivity contribution in [1.29, 1.82) is 0 Å². The molecule has 0 fully saturated rings. The average molecular weight is 370 g/mol. The minimum Gasteiger partial charge on any atom is -0.380 e. The molecule has 0 atom stereocenters. The summed E-state index contributed by atoms with van der Waals surface area (Å²) in [4.78, 5) is 12.5. The Morgan fingerprint density at radius 2 is 1.71 bits per heavy atom. The van der Waals surface area contributed by atoms with E-state index in [9.17, 15) is 4.79 Å². The largest absolute Gasteiger partial charge is 0.380 e. The summed E-state index contributed by atoms with van der Waals surface area (Å²) in [6.45, 7) is 2.12. The number of nitrogens with two attached hydrogens (primary N) is 1. The van der Waals surface area contributed by atoms with Gasteiger partial charge < -0.3 is 5.73 Å². The smallest absolute Gasteiger partial charge is 0.174 e. The zero-order valence-electron chi connectivity index (χ0n) is 15.8. The summed E-state index contributed by atoms with van der Waals surface area (Å²) in [5.41, 5.74) is 12.1. The van der Waals surface area contributed by atoms with Gasteiger partial charge in [0.2, 0.25) is 0 Å². The predicted molar refractivity (Wildman–Crippen MR) is 111 cm³/mol. The fourth-order valence-corrected chi connectivity index (χ4v) is 3.48. The Kier molecular flexibility index (Phi) is 4.89. The monoisotopic (exact) mass is 370 g/mol. The highest BCUT2D eigenvalue weighted by Crippen LogP contribution is 2.27. The fraction of sp³-hybridized carbons (Fsp3) is 0.174. The number of carbonyl (C=O) groups excluding carboxylic acids is 1. The second-order valence-corrected chi connectivity index (χ2v) is 6.95. The van der Waals surface area contributed by atoms with Crippen LogP contribution in [0.2, 0.25) is 0 Å². The lowest BCUT2D eigenvalue weighted by Gasteiger charge is -2.07. The first kappa shape index (κ1) is 17.9. The first-order valence-electron chi connectivity index (χ1n) is 9.42. The number of nitrogens with zero attached hydrogens (tertiary/aromatic N) is 3. The number of ketones is 1. The molecule has 0 radical (unpaired) electrons. The van der Waals surface area contributed by atoms with E-state index in [0.717, 1.165) is 34.2 Å². The molecule has 2 aromatic heterocycles. The Bertz CT molecular complexity index is 1130. The van der Waals surface area contributed by atoms with E-state index in [-0.39, 0.29) is 5.78 Å². The van der Waals surface area contributed by atoms with Gasteiger partial charge in [-0.25, -0.2) is 4.52 Å². The Morgan fingerprint density at radius 3 is 2.50 bits per heavy atom. The average Bonchev–Trinajstić information content (AvgIpc) is 3.10. The van der Waals surface area contributed by atoms with E-state index < -0.39 is 0 Å². The topological polar surface area (TPSA) is 73.3 Å². The number of hydrogen-bond donors (Lipinski definition) is 1. The van der Waals surface area contributed by atoms with E-state index in [1.165, 1.54) is 5.56 Å². The third-order valence-corrected chi connectivity index (χ3v) is 4.93. The van der Waals surface area contributed by atoms with Crippen molar-refractivity contribution in [3.05, 3.63) is 83.6 Å². The lowest BCUT2D eigenvalue weighted by atomic mass is 9.98. The SMILES string of the molecule is CCc1cccc(CC(=O)Cc2ccc(-c3cccn4nnc(N)c34)cc2)c1. The van der Waals surface area contributed by atoms with E-state index >= 15 is 0 Å². The predicted octanol–water partition coefficient (Wildman–Crippen LogP) is 3.90. The summed E-state index contributed by atoms with van der Waals surface area (Å²) in [7, 11) is 0. The molecule has 5 heteroatoms. The van der Waals surface area contributed by atoms with Gasteiger partial charge in [-0.2, -0.15) is 0 Å². The zero-order chi connectivity index (χ0) is 19.5. The number of rotatable bonds is 6. The summed E-state index contributed by atoms with van der Waals surface area (Å²) in [6, 6.07) is 20.2. The van der Waals surface area contributed by atoms with Crippen molar-refractivity contribution in [3.8, 4) is 11.1 Å². The molecular weight excluding hydrogens is 348 g/mol. The van der Waals surface area contributed by atoms with E-state index in [2.05, 4.69) is 29.4 Å². The van der Waals surface area contributed by atoms with Crippen LogP contribution in [0.4, 0.5) is 5.82 Å². The summed E-state index contributed by atoms with van der Waals surface area (Å²) in [5, 5.41) is 7.95. The minimum absolute atomic E-state index is 0.215. The third kappa shape index (κ3) is 3.64. The van der Waals surface area contributed by atoms with Crippen LogP contribution in [0.25, 0.3) is 16.6 Å². The van der Waals surface area contributed by atoms with Gasteiger partial charge in [-0.1, -0.05) is 66.7 Å². The van der Waals surface area contributed by atoms with E-state index in [1.54, 1.807) is 4.52 Å². The molecule has 2 aromatic carbocycles. The maximum Gasteiger partial charge on any atom is 0.174 e. The molecule has 0 bridgehead atoms. The van der Waals surface area contributed by atoms with Gasteiger partial charge in [0.25, 0.3) is 0 Å². The Hall–Kier alpha value is -3.47. The van der Waals surface area contributed by atoms with Crippen molar-refractivity contribution in [3.63, 3.8) is 0 Å². The molecule has 5 nitrogen and oxygen atoms in total. The first-order chi connectivity index (χ1) is 13.6. The Balaban J connectivity index is 1.50. The van der Waals surface area contributed by atoms with E-state index in [4.69, 9.17) is 5.73 Å². The van der Waals surface area contributed by atoms with Gasteiger partial charge in [-0.3, -0.25) is 4.79 Å². The third-order valence-electron chi connectivity index (χ3n) is 4.93. The molecule has 0 aliphatic carbocycles. The van der Waals surface area contributed by atoms with Crippen LogP contribution in [-0.2, 0) is 24.1 Å². The van der Waals surface area contributed by atoms with Gasteiger partial charge in [0, 0.05) is 24.6 Å². The van der Waals surface area contributed by atoms with Crippen molar-refractivity contribution in [1.82, 2.24) is 14.8 Å². The molecule has 0 aliphatic heterocycles. The Labute approximate surface area is 163 Å². The standard InChI is InChI=1S/C23H22N4O/c1-2-16-5-3-6-18(13-16)15-20(28)14-17-8-10-19(11-9-17)21-7-4-12-27-22(21)23(24)25-26-27/h3-13H,2,14-15,24H2,1H3. The number of nitrogen functional groups attached to an aromatic ring is 1. The summed E-state index contributed by atoms with van der Waals surface area (Å²) in [6.07, 6.45) is 3.69. The second-order valence-electron chi connectivity index (χ2n) is 6.95. The van der Waals surface area contributed by atoms with Crippen molar-refractivity contribution in [2.45, 2.75) is 26.2 Å². The number of hydrogen-bond acceptors (Lipinski definition) is 4. The summed E-state index contributed by atoms with van der Waals surface area (Å²) in [5.74, 6) is 0.622. The normalized spacial score (nSPS) is 11.0. The Morgan fingerprint density at radius 1 is 0.964 bits per heavy atom.